The third-order valence-electron chi connectivity index (χ3n) is 11.1. The van der Waals surface area contributed by atoms with Gasteiger partial charge in [0.1, 0.15) is 17.8 Å². The highest BCUT2D eigenvalue weighted by molar-refractivity contribution is 6.12. The van der Waals surface area contributed by atoms with Crippen molar-refractivity contribution >= 4 is 49.6 Å². The van der Waals surface area contributed by atoms with Crippen molar-refractivity contribution in [2.45, 2.75) is 86.1 Å². The number of benzene rings is 4. The van der Waals surface area contributed by atoms with E-state index in [4.69, 9.17) is 14.7 Å². The summed E-state index contributed by atoms with van der Waals surface area (Å²) in [6.45, 7) is 23.0. The van der Waals surface area contributed by atoms with Crippen molar-refractivity contribution in [2.24, 2.45) is 10.4 Å². The Morgan fingerprint density at radius 3 is 2.18 bits per heavy atom. The molecule has 254 valence electrons. The molecule has 3 aromatic heterocycles. The van der Waals surface area contributed by atoms with E-state index in [0.29, 0.717) is 12.5 Å². The molecule has 0 bridgehead atoms. The fourth-order valence-corrected chi connectivity index (χ4v) is 7.36. The van der Waals surface area contributed by atoms with Crippen molar-refractivity contribution < 1.29 is 4.74 Å². The summed E-state index contributed by atoms with van der Waals surface area (Å²) in [6, 6.07) is 31.7. The first-order chi connectivity index (χ1) is 23.6. The average molecular weight is 661 g/mol. The summed E-state index contributed by atoms with van der Waals surface area (Å²) in [5.41, 5.74) is 11.2. The Morgan fingerprint density at radius 2 is 1.46 bits per heavy atom. The van der Waals surface area contributed by atoms with Crippen molar-refractivity contribution in [1.29, 1.82) is 0 Å². The second-order valence-corrected chi connectivity index (χ2v) is 16.9. The highest BCUT2D eigenvalue weighted by Gasteiger charge is 2.43. The summed E-state index contributed by atoms with van der Waals surface area (Å²) in [6.07, 6.45) is 1.90. The molecule has 0 fully saturated rings. The highest BCUT2D eigenvalue weighted by atomic mass is 16.5. The Morgan fingerprint density at radius 1 is 0.720 bits per heavy atom. The number of nitrogens with zero attached hydrogens (tertiary/aromatic N) is 4. The molecule has 0 saturated heterocycles. The molecular weight excluding hydrogens is 613 g/mol. The predicted molar refractivity (Wildman–Crippen MR) is 211 cm³/mol. The van der Waals surface area contributed by atoms with Crippen LogP contribution >= 0.6 is 0 Å². The third kappa shape index (κ3) is 5.04. The molecule has 50 heavy (non-hydrogen) atoms. The number of hydrogen-bond acceptors (Lipinski definition) is 3. The molecule has 0 aliphatic carbocycles. The van der Waals surface area contributed by atoms with Gasteiger partial charge >= 0.3 is 0 Å². The maximum Gasteiger partial charge on any atom is 0.216 e. The second-order valence-electron chi connectivity index (χ2n) is 16.9. The Bertz CT molecular complexity index is 2510. The lowest BCUT2D eigenvalue weighted by atomic mass is 9.76. The van der Waals surface area contributed by atoms with E-state index in [1.165, 1.54) is 43.8 Å². The van der Waals surface area contributed by atoms with Crippen LogP contribution in [-0.4, -0.2) is 32.2 Å². The largest absolute Gasteiger partial charge is 0.475 e. The molecule has 0 spiro atoms. The van der Waals surface area contributed by atoms with Gasteiger partial charge < -0.3 is 9.30 Å². The van der Waals surface area contributed by atoms with E-state index < -0.39 is 0 Å². The molecule has 4 aromatic carbocycles. The van der Waals surface area contributed by atoms with Crippen molar-refractivity contribution in [3.63, 3.8) is 0 Å². The molecule has 1 atom stereocenters. The molecule has 1 aliphatic rings. The van der Waals surface area contributed by atoms with Crippen LogP contribution in [0.2, 0.25) is 0 Å². The average Bonchev–Trinajstić information content (AvgIpc) is 3.73. The van der Waals surface area contributed by atoms with E-state index >= 15 is 0 Å². The van der Waals surface area contributed by atoms with Crippen molar-refractivity contribution in [2.75, 3.05) is 6.61 Å². The predicted octanol–water partition coefficient (Wildman–Crippen LogP) is 11.6. The SMILES string of the molecule is Cc1ccc2c(c1)c1ccc(-n3c4ccc(C(C)(C)C)cc4c4cccnc43)cc1n2-c1cc(C2=N[C@](C)(C(C)(C)C)CO2)cc(C(C)C)c1. The van der Waals surface area contributed by atoms with Gasteiger partial charge in [-0.2, -0.15) is 0 Å². The summed E-state index contributed by atoms with van der Waals surface area (Å²) in [5.74, 6) is 1.06. The molecule has 5 nitrogen and oxygen atoms in total. The molecule has 4 heterocycles. The van der Waals surface area contributed by atoms with Crippen LogP contribution in [0.4, 0.5) is 0 Å². The molecule has 0 amide bonds. The molecule has 0 saturated carbocycles. The smallest absolute Gasteiger partial charge is 0.216 e. The summed E-state index contributed by atoms with van der Waals surface area (Å²) < 4.78 is 11.1. The van der Waals surface area contributed by atoms with Crippen LogP contribution in [0.3, 0.4) is 0 Å². The van der Waals surface area contributed by atoms with E-state index in [9.17, 15) is 0 Å². The van der Waals surface area contributed by atoms with Crippen molar-refractivity contribution in [3.05, 3.63) is 113 Å². The minimum atomic E-state index is -0.292. The van der Waals surface area contributed by atoms with E-state index in [1.54, 1.807) is 0 Å². The number of aliphatic imine (C=N–C) groups is 1. The third-order valence-corrected chi connectivity index (χ3v) is 11.1. The van der Waals surface area contributed by atoms with Gasteiger partial charge in [-0.1, -0.05) is 79.2 Å². The van der Waals surface area contributed by atoms with Crippen LogP contribution < -0.4 is 0 Å². The quantitative estimate of drug-likeness (QED) is 0.189. The van der Waals surface area contributed by atoms with Crippen molar-refractivity contribution in [1.82, 2.24) is 14.1 Å². The van der Waals surface area contributed by atoms with Gasteiger partial charge in [0.2, 0.25) is 5.90 Å². The Hall–Kier alpha value is -4.90. The Kier molecular flexibility index (Phi) is 7.14. The molecule has 7 aromatic rings. The number of rotatable bonds is 4. The zero-order valence-corrected chi connectivity index (χ0v) is 31.1. The normalized spacial score (nSPS) is 17.1. The van der Waals surface area contributed by atoms with E-state index in [1.807, 2.05) is 12.3 Å². The van der Waals surface area contributed by atoms with E-state index in [2.05, 4.69) is 157 Å². The number of aromatic nitrogens is 3. The first-order valence-corrected chi connectivity index (χ1v) is 18.0. The fraction of sp³-hybridized carbons (Fsp3) is 0.333. The lowest BCUT2D eigenvalue weighted by Crippen LogP contribution is -2.39. The minimum absolute atomic E-state index is 0.0235. The minimum Gasteiger partial charge on any atom is -0.475 e. The zero-order chi connectivity index (χ0) is 35.3. The van der Waals surface area contributed by atoms with Gasteiger partial charge in [0.25, 0.3) is 0 Å². The van der Waals surface area contributed by atoms with Gasteiger partial charge in [0.05, 0.1) is 16.6 Å². The van der Waals surface area contributed by atoms with Crippen LogP contribution in [0.1, 0.15) is 90.5 Å². The second kappa shape index (κ2) is 11.1. The molecule has 1 aliphatic heterocycles. The summed E-state index contributed by atoms with van der Waals surface area (Å²) in [5, 5.41) is 4.86. The maximum atomic E-state index is 6.39. The van der Waals surface area contributed by atoms with Gasteiger partial charge in [0, 0.05) is 44.7 Å². The first-order valence-electron chi connectivity index (χ1n) is 18.0. The van der Waals surface area contributed by atoms with Gasteiger partial charge in [-0.3, -0.25) is 4.57 Å². The molecular formula is C45H48N4O. The van der Waals surface area contributed by atoms with Crippen LogP contribution in [0.15, 0.2) is 96.1 Å². The van der Waals surface area contributed by atoms with E-state index in [-0.39, 0.29) is 16.4 Å². The molecule has 5 heteroatoms. The van der Waals surface area contributed by atoms with Crippen LogP contribution in [-0.2, 0) is 10.2 Å². The number of ether oxygens (including phenoxy) is 1. The molecule has 8 rings (SSSR count). The number of fused-ring (bicyclic) bond motifs is 6. The summed E-state index contributed by atoms with van der Waals surface area (Å²) >= 11 is 0. The summed E-state index contributed by atoms with van der Waals surface area (Å²) in [7, 11) is 0. The number of aryl methyl sites for hydroxylation is 1. The Labute approximate surface area is 295 Å². The zero-order valence-electron chi connectivity index (χ0n) is 31.1. The highest BCUT2D eigenvalue weighted by Crippen LogP contribution is 2.41. The van der Waals surface area contributed by atoms with Gasteiger partial charge in [0.15, 0.2) is 0 Å². The first kappa shape index (κ1) is 32.3. The van der Waals surface area contributed by atoms with Gasteiger partial charge in [-0.25, -0.2) is 9.98 Å². The summed E-state index contributed by atoms with van der Waals surface area (Å²) in [4.78, 5) is 10.2. The van der Waals surface area contributed by atoms with Gasteiger partial charge in [-0.05, 0) is 108 Å². The standard InChI is InChI=1S/C45H48N4O/c1-27(2)29-21-30(42-47-45(10,26-50-42)44(7,8)9)23-33(22-29)48-38-17-13-28(3)20-36(38)34-16-15-32(25-40(34)48)49-39-18-14-31(43(4,5)6)24-37(39)35-12-11-19-46-41(35)49/h11-25,27H,26H2,1-10H3/t45-/m0/s1. The van der Waals surface area contributed by atoms with Gasteiger partial charge in [-0.15, -0.1) is 0 Å². The molecule has 0 unspecified atom stereocenters. The van der Waals surface area contributed by atoms with Crippen molar-refractivity contribution in [3.8, 4) is 11.4 Å². The van der Waals surface area contributed by atoms with Crippen LogP contribution in [0.25, 0.3) is 55.1 Å². The van der Waals surface area contributed by atoms with Crippen LogP contribution in [0.5, 0.6) is 0 Å². The lowest BCUT2D eigenvalue weighted by Gasteiger charge is -2.33. The number of pyridine rings is 1. The molecule has 0 radical (unpaired) electrons. The van der Waals surface area contributed by atoms with E-state index in [0.717, 1.165) is 39.5 Å². The Balaban J connectivity index is 1.40. The maximum absolute atomic E-state index is 6.39. The monoisotopic (exact) mass is 660 g/mol. The topological polar surface area (TPSA) is 44.3 Å². The fourth-order valence-electron chi connectivity index (χ4n) is 7.36. The lowest BCUT2D eigenvalue weighted by molar-refractivity contribution is 0.154. The number of hydrogen-bond donors (Lipinski definition) is 0. The van der Waals surface area contributed by atoms with Crippen LogP contribution in [0, 0.1) is 12.3 Å². The molecule has 0 N–H and O–H groups in total.